The van der Waals surface area contributed by atoms with Crippen LogP contribution in [0.1, 0.15) is 23.2 Å². The summed E-state index contributed by atoms with van der Waals surface area (Å²) in [5.74, 6) is -0.857. The molecule has 0 atom stereocenters. The van der Waals surface area contributed by atoms with E-state index in [1.54, 1.807) is 24.3 Å². The van der Waals surface area contributed by atoms with Gasteiger partial charge in [0.05, 0.1) is 5.56 Å². The second kappa shape index (κ2) is 8.26. The molecule has 0 heterocycles. The van der Waals surface area contributed by atoms with Crippen molar-refractivity contribution in [2.75, 3.05) is 27.4 Å². The number of carbonyl (C=O) groups excluding carboxylic acids is 2. The topological polar surface area (TPSA) is 55.8 Å². The predicted octanol–water partition coefficient (Wildman–Crippen LogP) is 1.69. The fourth-order valence-electron chi connectivity index (χ4n) is 1.42. The van der Waals surface area contributed by atoms with Crippen molar-refractivity contribution in [2.24, 2.45) is 0 Å². The van der Waals surface area contributed by atoms with Crippen LogP contribution in [0.5, 0.6) is 0 Å². The van der Waals surface area contributed by atoms with Gasteiger partial charge in [-0.05, 0) is 39.2 Å². The average Bonchev–Trinajstić information content (AvgIpc) is 2.39. The lowest BCUT2D eigenvalue weighted by molar-refractivity contribution is -0.152. The van der Waals surface area contributed by atoms with Gasteiger partial charge in [0, 0.05) is 6.42 Å². The zero-order valence-electron chi connectivity index (χ0n) is 11.3. The van der Waals surface area contributed by atoms with Gasteiger partial charge in [0.25, 0.3) is 0 Å². The maximum atomic E-state index is 11.5. The van der Waals surface area contributed by atoms with Gasteiger partial charge in [0.2, 0.25) is 6.79 Å². The minimum atomic E-state index is -0.498. The van der Waals surface area contributed by atoms with Crippen LogP contribution >= 0.6 is 0 Å². The summed E-state index contributed by atoms with van der Waals surface area (Å²) in [7, 11) is 3.87. The van der Waals surface area contributed by atoms with E-state index in [-0.39, 0.29) is 12.8 Å². The van der Waals surface area contributed by atoms with E-state index < -0.39 is 5.97 Å². The zero-order valence-corrected chi connectivity index (χ0v) is 11.3. The number of nitrogens with zero attached hydrogens (tertiary/aromatic N) is 1. The van der Waals surface area contributed by atoms with Crippen molar-refractivity contribution < 1.29 is 19.1 Å². The standard InChI is InChI=1S/C14H19NO4/c1-15(2)10-6-9-13(16)18-11-19-14(17)12-7-4-3-5-8-12/h3-5,7-8H,6,9-11H2,1-2H3. The van der Waals surface area contributed by atoms with Gasteiger partial charge in [-0.3, -0.25) is 4.79 Å². The molecule has 1 rings (SSSR count). The third kappa shape index (κ3) is 6.57. The third-order valence-electron chi connectivity index (χ3n) is 2.41. The summed E-state index contributed by atoms with van der Waals surface area (Å²) in [6.45, 7) is 0.480. The Morgan fingerprint density at radius 1 is 1.11 bits per heavy atom. The van der Waals surface area contributed by atoms with Gasteiger partial charge in [-0.2, -0.15) is 0 Å². The highest BCUT2D eigenvalue weighted by Crippen LogP contribution is 2.01. The zero-order chi connectivity index (χ0) is 14.1. The normalized spacial score (nSPS) is 10.3. The van der Waals surface area contributed by atoms with Crippen molar-refractivity contribution in [1.29, 1.82) is 0 Å². The lowest BCUT2D eigenvalue weighted by Gasteiger charge is -2.09. The van der Waals surface area contributed by atoms with E-state index in [2.05, 4.69) is 0 Å². The Balaban J connectivity index is 2.16. The lowest BCUT2D eigenvalue weighted by atomic mass is 10.2. The van der Waals surface area contributed by atoms with Crippen molar-refractivity contribution in [1.82, 2.24) is 4.90 Å². The molecule has 0 N–H and O–H groups in total. The smallest absolute Gasteiger partial charge is 0.340 e. The number of carbonyl (C=O) groups is 2. The van der Waals surface area contributed by atoms with Gasteiger partial charge >= 0.3 is 11.9 Å². The quantitative estimate of drug-likeness (QED) is 0.554. The van der Waals surface area contributed by atoms with E-state index in [9.17, 15) is 9.59 Å². The summed E-state index contributed by atoms with van der Waals surface area (Å²) < 4.78 is 9.65. The molecule has 0 aromatic heterocycles. The summed E-state index contributed by atoms with van der Waals surface area (Å²) in [5.41, 5.74) is 0.436. The molecule has 5 heteroatoms. The third-order valence-corrected chi connectivity index (χ3v) is 2.41. The fraction of sp³-hybridized carbons (Fsp3) is 0.429. The van der Waals surface area contributed by atoms with Crippen molar-refractivity contribution in [3.63, 3.8) is 0 Å². The molecule has 1 aromatic rings. The molecule has 1 aromatic carbocycles. The molecule has 0 saturated carbocycles. The number of ether oxygens (including phenoxy) is 2. The van der Waals surface area contributed by atoms with Crippen LogP contribution in [-0.4, -0.2) is 44.3 Å². The molecular weight excluding hydrogens is 246 g/mol. The van der Waals surface area contributed by atoms with E-state index in [1.807, 2.05) is 25.1 Å². The van der Waals surface area contributed by atoms with E-state index in [0.717, 1.165) is 13.0 Å². The van der Waals surface area contributed by atoms with Crippen LogP contribution in [0.4, 0.5) is 0 Å². The minimum Gasteiger partial charge on any atom is -0.428 e. The van der Waals surface area contributed by atoms with Gasteiger partial charge in [-0.25, -0.2) is 4.79 Å². The molecule has 19 heavy (non-hydrogen) atoms. The minimum absolute atomic E-state index is 0.321. The van der Waals surface area contributed by atoms with Gasteiger partial charge in [-0.1, -0.05) is 18.2 Å². The molecule has 0 saturated heterocycles. The number of rotatable bonds is 7. The van der Waals surface area contributed by atoms with E-state index in [0.29, 0.717) is 12.0 Å². The second-order valence-electron chi connectivity index (χ2n) is 4.34. The van der Waals surface area contributed by atoms with E-state index in [4.69, 9.17) is 9.47 Å². The molecule has 0 radical (unpaired) electrons. The van der Waals surface area contributed by atoms with Gasteiger partial charge in [-0.15, -0.1) is 0 Å². The van der Waals surface area contributed by atoms with E-state index >= 15 is 0 Å². The number of hydrogen-bond acceptors (Lipinski definition) is 5. The Hall–Kier alpha value is -1.88. The Morgan fingerprint density at radius 2 is 1.79 bits per heavy atom. The predicted molar refractivity (Wildman–Crippen MR) is 70.6 cm³/mol. The first-order valence-electron chi connectivity index (χ1n) is 6.12. The van der Waals surface area contributed by atoms with Crippen molar-refractivity contribution in [3.8, 4) is 0 Å². The maximum Gasteiger partial charge on any atom is 0.340 e. The average molecular weight is 265 g/mol. The summed E-state index contributed by atoms with van der Waals surface area (Å²) in [5, 5.41) is 0. The summed E-state index contributed by atoms with van der Waals surface area (Å²) >= 11 is 0. The van der Waals surface area contributed by atoms with Crippen LogP contribution < -0.4 is 0 Å². The van der Waals surface area contributed by atoms with Gasteiger partial charge < -0.3 is 14.4 Å². The van der Waals surface area contributed by atoms with Crippen LogP contribution in [0.3, 0.4) is 0 Å². The SMILES string of the molecule is CN(C)CCCC(=O)OCOC(=O)c1ccccc1. The molecule has 0 aliphatic heterocycles. The molecular formula is C14H19NO4. The summed E-state index contributed by atoms with van der Waals surface area (Å²) in [6.07, 6.45) is 1.04. The highest BCUT2D eigenvalue weighted by Gasteiger charge is 2.08. The van der Waals surface area contributed by atoms with E-state index in [1.165, 1.54) is 0 Å². The number of hydrogen-bond donors (Lipinski definition) is 0. The Kier molecular flexibility index (Phi) is 6.60. The highest BCUT2D eigenvalue weighted by molar-refractivity contribution is 5.89. The van der Waals surface area contributed by atoms with Crippen LogP contribution in [0, 0.1) is 0 Å². The molecule has 0 aliphatic rings. The first kappa shape index (κ1) is 15.2. The van der Waals surface area contributed by atoms with Crippen molar-refractivity contribution in [3.05, 3.63) is 35.9 Å². The number of benzene rings is 1. The first-order chi connectivity index (χ1) is 9.09. The fourth-order valence-corrected chi connectivity index (χ4v) is 1.42. The van der Waals surface area contributed by atoms with Crippen molar-refractivity contribution in [2.45, 2.75) is 12.8 Å². The highest BCUT2D eigenvalue weighted by atomic mass is 16.7. The molecule has 104 valence electrons. The van der Waals surface area contributed by atoms with Gasteiger partial charge in [0.1, 0.15) is 0 Å². The maximum absolute atomic E-state index is 11.5. The first-order valence-corrected chi connectivity index (χ1v) is 6.12. The van der Waals surface area contributed by atoms with Crippen LogP contribution in [0.15, 0.2) is 30.3 Å². The summed E-state index contributed by atoms with van der Waals surface area (Å²) in [6, 6.07) is 8.57. The second-order valence-corrected chi connectivity index (χ2v) is 4.34. The molecule has 5 nitrogen and oxygen atoms in total. The number of esters is 2. The van der Waals surface area contributed by atoms with Crippen molar-refractivity contribution >= 4 is 11.9 Å². The largest absolute Gasteiger partial charge is 0.428 e. The van der Waals surface area contributed by atoms with Crippen LogP contribution in [0.2, 0.25) is 0 Å². The molecule has 0 spiro atoms. The molecule has 0 fully saturated rings. The monoisotopic (exact) mass is 265 g/mol. The molecule has 0 amide bonds. The molecule has 0 aliphatic carbocycles. The molecule has 0 unspecified atom stereocenters. The van der Waals surface area contributed by atoms with Crippen LogP contribution in [-0.2, 0) is 14.3 Å². The summed E-state index contributed by atoms with van der Waals surface area (Å²) in [4.78, 5) is 24.8. The Labute approximate surface area is 113 Å². The van der Waals surface area contributed by atoms with Crippen LogP contribution in [0.25, 0.3) is 0 Å². The van der Waals surface area contributed by atoms with Gasteiger partial charge in [0.15, 0.2) is 0 Å². The molecule has 0 bridgehead atoms. The Morgan fingerprint density at radius 3 is 2.42 bits per heavy atom. The lowest BCUT2D eigenvalue weighted by Crippen LogP contribution is -2.16. The Bertz CT molecular complexity index is 403.